The molecule has 4 nitrogen and oxygen atoms in total. The molecule has 0 spiro atoms. The summed E-state index contributed by atoms with van der Waals surface area (Å²) in [5.74, 6) is -1.36. The summed E-state index contributed by atoms with van der Waals surface area (Å²) in [6.07, 6.45) is 21.1. The van der Waals surface area contributed by atoms with Crippen molar-refractivity contribution in [3.63, 3.8) is 0 Å². The summed E-state index contributed by atoms with van der Waals surface area (Å²) in [4.78, 5) is 51.5. The largest absolute Gasteiger partial charge is 1.00 e. The molecule has 0 aliphatic carbocycles. The standard InChI is InChI=1S/C28H54O4P.Na/c1-4-7-10-13-16-19-22-33(32,28(31)27(25-29)26-30,23-20-17-14-11-8-5-2)24-21-18-15-12-9-6-3;/h25-27H,4-24H2,1-3H3;/q-1;+1. The van der Waals surface area contributed by atoms with Gasteiger partial charge in [0.15, 0.2) is 0 Å². The van der Waals surface area contributed by atoms with Crippen molar-refractivity contribution in [1.29, 1.82) is 0 Å². The minimum atomic E-state index is -4.06. The Bertz CT molecular complexity index is 475. The maximum Gasteiger partial charge on any atom is 1.00 e. The van der Waals surface area contributed by atoms with Gasteiger partial charge in [0.1, 0.15) is 0 Å². The zero-order chi connectivity index (χ0) is 24.9. The smallest absolute Gasteiger partial charge is 1.00 e. The van der Waals surface area contributed by atoms with Crippen LogP contribution in [0.15, 0.2) is 0 Å². The van der Waals surface area contributed by atoms with Crippen molar-refractivity contribution < 1.29 is 48.8 Å². The molecule has 0 unspecified atom stereocenters. The average molecular weight is 509 g/mol. The average Bonchev–Trinajstić information content (AvgIpc) is 2.82. The molecule has 0 radical (unpaired) electrons. The van der Waals surface area contributed by atoms with Gasteiger partial charge in [-0.15, -0.1) is 0 Å². The molecule has 0 saturated heterocycles. The summed E-state index contributed by atoms with van der Waals surface area (Å²) in [5.41, 5.74) is -0.526. The molecule has 0 aromatic rings. The molecule has 0 aromatic carbocycles. The van der Waals surface area contributed by atoms with Crippen LogP contribution in [0.4, 0.5) is 0 Å². The minimum absolute atomic E-state index is 0. The van der Waals surface area contributed by atoms with E-state index in [9.17, 15) is 19.3 Å². The molecule has 0 aromatic heterocycles. The number of hydrogen-bond acceptors (Lipinski definition) is 4. The van der Waals surface area contributed by atoms with Gasteiger partial charge in [-0.2, -0.15) is 0 Å². The summed E-state index contributed by atoms with van der Waals surface area (Å²) in [7, 11) is 0. The van der Waals surface area contributed by atoms with Crippen LogP contribution in [0.1, 0.15) is 136 Å². The fourth-order valence-electron chi connectivity index (χ4n) is 4.97. The molecule has 34 heavy (non-hydrogen) atoms. The van der Waals surface area contributed by atoms with Crippen LogP contribution in [0.3, 0.4) is 0 Å². The predicted octanol–water partition coefficient (Wildman–Crippen LogP) is 4.44. The second-order valence-corrected chi connectivity index (χ2v) is 15.3. The van der Waals surface area contributed by atoms with Crippen LogP contribution in [0, 0.1) is 5.92 Å². The van der Waals surface area contributed by atoms with Gasteiger partial charge in [-0.05, 0) is 0 Å². The number of unbranched alkanes of at least 4 members (excludes halogenated alkanes) is 15. The Morgan fingerprint density at radius 1 is 0.588 bits per heavy atom. The van der Waals surface area contributed by atoms with Gasteiger partial charge in [-0.1, -0.05) is 0 Å². The monoisotopic (exact) mass is 508 g/mol. The molecule has 0 N–H and O–H groups in total. The first-order valence-corrected chi connectivity index (χ1v) is 16.8. The maximum atomic E-state index is 14.9. The van der Waals surface area contributed by atoms with Crippen LogP contribution >= 0.6 is 6.83 Å². The summed E-state index contributed by atoms with van der Waals surface area (Å²) >= 11 is 0. The molecule has 196 valence electrons. The van der Waals surface area contributed by atoms with E-state index < -0.39 is 18.3 Å². The van der Waals surface area contributed by atoms with Crippen molar-refractivity contribution in [3.8, 4) is 0 Å². The van der Waals surface area contributed by atoms with Crippen molar-refractivity contribution in [2.24, 2.45) is 5.92 Å². The van der Waals surface area contributed by atoms with E-state index in [2.05, 4.69) is 20.8 Å². The number of hydrogen-bond donors (Lipinski definition) is 0. The van der Waals surface area contributed by atoms with Gasteiger partial charge in [0.2, 0.25) is 0 Å². The normalized spacial score (nSPS) is 12.7. The number of carbonyl (C=O) groups excluding carboxylic acids is 3. The third-order valence-electron chi connectivity index (χ3n) is 7.23. The topological polar surface area (TPSA) is 74.3 Å². The van der Waals surface area contributed by atoms with Gasteiger partial charge < -0.3 is 0 Å². The van der Waals surface area contributed by atoms with Gasteiger partial charge in [0.05, 0.1) is 0 Å². The van der Waals surface area contributed by atoms with Gasteiger partial charge in [-0.3, -0.25) is 0 Å². The molecule has 0 bridgehead atoms. The van der Waals surface area contributed by atoms with Crippen LogP contribution in [0.5, 0.6) is 0 Å². The van der Waals surface area contributed by atoms with Crippen molar-refractivity contribution in [3.05, 3.63) is 0 Å². The van der Waals surface area contributed by atoms with Crippen molar-refractivity contribution in [1.82, 2.24) is 0 Å². The second kappa shape index (κ2) is 22.6. The van der Waals surface area contributed by atoms with Crippen LogP contribution in [0.25, 0.3) is 0 Å². The van der Waals surface area contributed by atoms with E-state index in [0.717, 1.165) is 57.8 Å². The Hall–Kier alpha value is 0.400. The molecule has 0 atom stereocenters. The van der Waals surface area contributed by atoms with Gasteiger partial charge in [-0.25, -0.2) is 0 Å². The maximum absolute atomic E-state index is 14.9. The molecular weight excluding hydrogens is 454 g/mol. The van der Waals surface area contributed by atoms with E-state index in [1.807, 2.05) is 0 Å². The Labute approximate surface area is 233 Å². The van der Waals surface area contributed by atoms with Gasteiger partial charge in [0.25, 0.3) is 0 Å². The van der Waals surface area contributed by atoms with E-state index in [0.29, 0.717) is 31.1 Å². The molecule has 0 heterocycles. The number of carbonyl (C=O) groups is 3. The van der Waals surface area contributed by atoms with Gasteiger partial charge in [0, 0.05) is 0 Å². The predicted molar refractivity (Wildman–Crippen MR) is 142 cm³/mol. The van der Waals surface area contributed by atoms with Crippen LogP contribution in [-0.2, 0) is 14.4 Å². The molecule has 0 aliphatic rings. The minimum Gasteiger partial charge on any atom is 1.00 e. The number of rotatable bonds is 25. The quantitative estimate of drug-likeness (QED) is 0.0601. The zero-order valence-corrected chi connectivity index (χ0v) is 26.1. The number of aldehydes is 2. The molecular formula is C28H54NaO4P. The van der Waals surface area contributed by atoms with Crippen LogP contribution < -0.4 is 34.5 Å². The molecule has 0 rings (SSSR count). The van der Waals surface area contributed by atoms with E-state index in [1.165, 1.54) is 57.8 Å². The fraction of sp³-hybridized carbons (Fsp3) is 0.893. The summed E-state index contributed by atoms with van der Waals surface area (Å²) in [6, 6.07) is 0. The fourth-order valence-corrected chi connectivity index (χ4v) is 10.1. The van der Waals surface area contributed by atoms with Crippen LogP contribution in [-0.4, -0.2) is 36.6 Å². The second-order valence-electron chi connectivity index (χ2n) is 10.2. The third kappa shape index (κ3) is 14.8. The van der Waals surface area contributed by atoms with Crippen molar-refractivity contribution in [2.45, 2.75) is 136 Å². The molecule has 0 saturated carbocycles. The Kier molecular flexibility index (Phi) is 24.3. The Morgan fingerprint density at radius 3 is 1.12 bits per heavy atom. The first kappa shape index (κ1) is 36.6. The Morgan fingerprint density at radius 2 is 0.853 bits per heavy atom. The molecule has 0 aliphatic heterocycles. The molecule has 0 fully saturated rings. The SMILES string of the molecule is CCCCCCCCP([O-])(CCCCCCCC)(CCCCCCCC)C(=O)C(C=O)C=O.[Na+]. The first-order valence-electron chi connectivity index (χ1n) is 14.1. The van der Waals surface area contributed by atoms with E-state index in [-0.39, 0.29) is 29.6 Å². The van der Waals surface area contributed by atoms with E-state index >= 15 is 0 Å². The summed E-state index contributed by atoms with van der Waals surface area (Å²) in [5, 5.41) is 0. The van der Waals surface area contributed by atoms with Crippen LogP contribution in [0.2, 0.25) is 0 Å². The first-order chi connectivity index (χ1) is 15.9. The summed E-state index contributed by atoms with van der Waals surface area (Å²) < 4.78 is 0. The Balaban J connectivity index is 0. The molecule has 0 amide bonds. The van der Waals surface area contributed by atoms with Crippen molar-refractivity contribution >= 4 is 24.9 Å². The van der Waals surface area contributed by atoms with E-state index in [1.54, 1.807) is 0 Å². The summed E-state index contributed by atoms with van der Waals surface area (Å²) in [6.45, 7) is 2.49. The molecule has 6 heteroatoms. The van der Waals surface area contributed by atoms with Crippen molar-refractivity contribution in [2.75, 3.05) is 18.5 Å². The van der Waals surface area contributed by atoms with Gasteiger partial charge >= 0.3 is 235 Å². The van der Waals surface area contributed by atoms with E-state index in [4.69, 9.17) is 0 Å². The zero-order valence-electron chi connectivity index (χ0n) is 23.2. The third-order valence-corrected chi connectivity index (χ3v) is 12.7.